The predicted molar refractivity (Wildman–Crippen MR) is 108 cm³/mol. The van der Waals surface area contributed by atoms with Gasteiger partial charge in [0.2, 0.25) is 10.0 Å². The number of esters is 1. The van der Waals surface area contributed by atoms with Gasteiger partial charge in [-0.05, 0) is 48.7 Å². The lowest BCUT2D eigenvalue weighted by molar-refractivity contribution is -0.124. The zero-order chi connectivity index (χ0) is 21.0. The molecule has 2 aromatic rings. The summed E-state index contributed by atoms with van der Waals surface area (Å²) in [5.41, 5.74) is 0.900. The van der Waals surface area contributed by atoms with Gasteiger partial charge in [-0.2, -0.15) is 0 Å². The van der Waals surface area contributed by atoms with Gasteiger partial charge in [0.1, 0.15) is 0 Å². The van der Waals surface area contributed by atoms with Crippen LogP contribution in [0.3, 0.4) is 0 Å². The number of hydrogen-bond acceptors (Lipinski definition) is 5. The normalized spacial score (nSPS) is 13.7. The second-order valence-electron chi connectivity index (χ2n) is 6.52. The van der Waals surface area contributed by atoms with Crippen LogP contribution in [-0.2, 0) is 26.1 Å². The van der Waals surface area contributed by atoms with Crippen molar-refractivity contribution in [2.45, 2.75) is 30.3 Å². The maximum Gasteiger partial charge on any atom is 0.338 e. The molecular weight excluding hydrogens is 439 g/mol. The Morgan fingerprint density at radius 2 is 1.72 bits per heavy atom. The molecular formula is C19H18Cl2N2O5S. The Morgan fingerprint density at radius 1 is 1.03 bits per heavy atom. The summed E-state index contributed by atoms with van der Waals surface area (Å²) in [5.74, 6) is -0.951. The maximum atomic E-state index is 12.3. The van der Waals surface area contributed by atoms with E-state index in [1.54, 1.807) is 12.1 Å². The summed E-state index contributed by atoms with van der Waals surface area (Å²) in [6.07, 6.45) is 1.91. The molecule has 0 saturated heterocycles. The summed E-state index contributed by atoms with van der Waals surface area (Å²) in [4.78, 5) is 23.5. The van der Waals surface area contributed by atoms with Crippen molar-refractivity contribution in [1.29, 1.82) is 0 Å². The van der Waals surface area contributed by atoms with E-state index >= 15 is 0 Å². The van der Waals surface area contributed by atoms with E-state index in [4.69, 9.17) is 27.9 Å². The van der Waals surface area contributed by atoms with Gasteiger partial charge < -0.3 is 10.1 Å². The summed E-state index contributed by atoms with van der Waals surface area (Å²) < 4.78 is 32.1. The fourth-order valence-electron chi connectivity index (χ4n) is 2.38. The third kappa shape index (κ3) is 6.17. The van der Waals surface area contributed by atoms with Crippen LogP contribution in [0.4, 0.5) is 0 Å². The molecule has 0 heterocycles. The quantitative estimate of drug-likeness (QED) is 0.594. The molecule has 2 aromatic carbocycles. The van der Waals surface area contributed by atoms with Crippen LogP contribution in [-0.4, -0.2) is 32.9 Å². The summed E-state index contributed by atoms with van der Waals surface area (Å²) in [6.45, 7) is -0.317. The monoisotopic (exact) mass is 456 g/mol. The standard InChI is InChI=1S/C19H18Cl2N2O5S/c20-16-8-7-15(9-17(16)21)29(26,27)22-10-12-1-3-13(4-2-12)19(25)28-11-18(24)23-14-5-6-14/h1-4,7-9,14,22H,5-6,10-11H2,(H,23,24). The SMILES string of the molecule is O=C(COC(=O)c1ccc(CNS(=O)(=O)c2ccc(Cl)c(Cl)c2)cc1)NC1CC1. The van der Waals surface area contributed by atoms with E-state index in [9.17, 15) is 18.0 Å². The maximum absolute atomic E-state index is 12.3. The highest BCUT2D eigenvalue weighted by molar-refractivity contribution is 7.89. The van der Waals surface area contributed by atoms with Crippen LogP contribution >= 0.6 is 23.2 Å². The molecule has 7 nitrogen and oxygen atoms in total. The van der Waals surface area contributed by atoms with Crippen molar-refractivity contribution < 1.29 is 22.7 Å². The second kappa shape index (κ2) is 9.13. The van der Waals surface area contributed by atoms with Gasteiger partial charge in [-0.3, -0.25) is 4.79 Å². The van der Waals surface area contributed by atoms with E-state index < -0.39 is 16.0 Å². The number of ether oxygens (including phenoxy) is 1. The van der Waals surface area contributed by atoms with Crippen LogP contribution in [0.5, 0.6) is 0 Å². The first-order valence-electron chi connectivity index (χ1n) is 8.75. The van der Waals surface area contributed by atoms with Crippen LogP contribution in [0.2, 0.25) is 10.0 Å². The van der Waals surface area contributed by atoms with Crippen molar-refractivity contribution in [3.63, 3.8) is 0 Å². The van der Waals surface area contributed by atoms with Gasteiger partial charge in [-0.15, -0.1) is 0 Å². The third-order valence-electron chi connectivity index (χ3n) is 4.13. The number of carbonyl (C=O) groups excluding carboxylic acids is 2. The van der Waals surface area contributed by atoms with Crippen LogP contribution in [0, 0.1) is 0 Å². The average Bonchev–Trinajstić information content (AvgIpc) is 3.51. The second-order valence-corrected chi connectivity index (χ2v) is 9.10. The lowest BCUT2D eigenvalue weighted by Gasteiger charge is -2.09. The number of carbonyl (C=O) groups is 2. The minimum atomic E-state index is -3.78. The highest BCUT2D eigenvalue weighted by Gasteiger charge is 2.23. The molecule has 0 aromatic heterocycles. The molecule has 2 N–H and O–H groups in total. The molecule has 1 saturated carbocycles. The van der Waals surface area contributed by atoms with Gasteiger partial charge in [0.15, 0.2) is 6.61 Å². The Kier molecular flexibility index (Phi) is 6.79. The molecule has 10 heteroatoms. The molecule has 1 amide bonds. The van der Waals surface area contributed by atoms with Crippen molar-refractivity contribution in [3.8, 4) is 0 Å². The van der Waals surface area contributed by atoms with E-state index in [0.717, 1.165) is 12.8 Å². The van der Waals surface area contributed by atoms with Gasteiger partial charge in [-0.1, -0.05) is 35.3 Å². The van der Waals surface area contributed by atoms with Gasteiger partial charge in [0.05, 0.1) is 20.5 Å². The number of hydrogen-bond donors (Lipinski definition) is 2. The summed E-state index contributed by atoms with van der Waals surface area (Å²) in [5, 5.41) is 3.13. The average molecular weight is 457 g/mol. The minimum absolute atomic E-state index is 0.00317. The third-order valence-corrected chi connectivity index (χ3v) is 6.27. The predicted octanol–water partition coefficient (Wildman–Crippen LogP) is 2.91. The molecule has 0 bridgehead atoms. The van der Waals surface area contributed by atoms with Gasteiger partial charge in [-0.25, -0.2) is 17.9 Å². The van der Waals surface area contributed by atoms with Gasteiger partial charge in [0, 0.05) is 12.6 Å². The fraction of sp³-hybridized carbons (Fsp3) is 0.263. The summed E-state index contributed by atoms with van der Waals surface area (Å²) >= 11 is 11.7. The van der Waals surface area contributed by atoms with Crippen LogP contribution in [0.1, 0.15) is 28.8 Å². The van der Waals surface area contributed by atoms with E-state index in [-0.39, 0.29) is 45.6 Å². The van der Waals surface area contributed by atoms with Crippen molar-refractivity contribution in [3.05, 3.63) is 63.6 Å². The largest absolute Gasteiger partial charge is 0.452 e. The number of rotatable bonds is 8. The topological polar surface area (TPSA) is 102 Å². The highest BCUT2D eigenvalue weighted by atomic mass is 35.5. The van der Waals surface area contributed by atoms with Gasteiger partial charge in [0.25, 0.3) is 5.91 Å². The van der Waals surface area contributed by atoms with Crippen molar-refractivity contribution in [1.82, 2.24) is 10.0 Å². The highest BCUT2D eigenvalue weighted by Crippen LogP contribution is 2.24. The smallest absolute Gasteiger partial charge is 0.338 e. The molecule has 0 radical (unpaired) electrons. The van der Waals surface area contributed by atoms with Crippen LogP contribution in [0.15, 0.2) is 47.4 Å². The Labute approximate surface area is 178 Å². The first-order chi connectivity index (χ1) is 13.7. The van der Waals surface area contributed by atoms with E-state index in [1.165, 1.54) is 30.3 Å². The molecule has 3 rings (SSSR count). The Bertz CT molecular complexity index is 1020. The molecule has 29 heavy (non-hydrogen) atoms. The first kappa shape index (κ1) is 21.6. The lowest BCUT2D eigenvalue weighted by atomic mass is 10.1. The van der Waals surface area contributed by atoms with Crippen LogP contribution < -0.4 is 10.0 Å². The zero-order valence-electron chi connectivity index (χ0n) is 15.2. The number of sulfonamides is 1. The number of halogens is 2. The summed E-state index contributed by atoms with van der Waals surface area (Å²) in [6, 6.07) is 10.4. The Hall–Kier alpha value is -2.13. The molecule has 1 aliphatic carbocycles. The van der Waals surface area contributed by atoms with E-state index in [1.807, 2.05) is 0 Å². The number of amides is 1. The molecule has 0 aliphatic heterocycles. The minimum Gasteiger partial charge on any atom is -0.452 e. The number of nitrogens with one attached hydrogen (secondary N) is 2. The summed E-state index contributed by atoms with van der Waals surface area (Å²) in [7, 11) is -3.78. The molecule has 1 fully saturated rings. The molecule has 0 spiro atoms. The van der Waals surface area contributed by atoms with Crippen molar-refractivity contribution >= 4 is 45.1 Å². The van der Waals surface area contributed by atoms with E-state index in [2.05, 4.69) is 10.0 Å². The first-order valence-corrected chi connectivity index (χ1v) is 11.0. The lowest BCUT2D eigenvalue weighted by Crippen LogP contribution is -2.30. The van der Waals surface area contributed by atoms with Gasteiger partial charge >= 0.3 is 5.97 Å². The number of benzene rings is 2. The fourth-order valence-corrected chi connectivity index (χ4v) is 3.78. The molecule has 154 valence electrons. The molecule has 1 aliphatic rings. The van der Waals surface area contributed by atoms with Crippen molar-refractivity contribution in [2.75, 3.05) is 6.61 Å². The van der Waals surface area contributed by atoms with Crippen LogP contribution in [0.25, 0.3) is 0 Å². The van der Waals surface area contributed by atoms with E-state index in [0.29, 0.717) is 5.56 Å². The Balaban J connectivity index is 1.53. The molecule has 0 unspecified atom stereocenters. The molecule has 0 atom stereocenters. The Morgan fingerprint density at radius 3 is 2.34 bits per heavy atom. The zero-order valence-corrected chi connectivity index (χ0v) is 17.5. The van der Waals surface area contributed by atoms with Crippen molar-refractivity contribution in [2.24, 2.45) is 0 Å².